The molecule has 2 aromatic rings. The fourth-order valence-corrected chi connectivity index (χ4v) is 2.32. The van der Waals surface area contributed by atoms with Gasteiger partial charge in [-0.2, -0.15) is 0 Å². The summed E-state index contributed by atoms with van der Waals surface area (Å²) in [6, 6.07) is 8.64. The van der Waals surface area contributed by atoms with Gasteiger partial charge in [0, 0.05) is 33.9 Å². The molecule has 0 saturated heterocycles. The summed E-state index contributed by atoms with van der Waals surface area (Å²) in [5.74, 6) is -0.328. The minimum absolute atomic E-state index is 0.00711. The number of aromatic nitrogens is 1. The van der Waals surface area contributed by atoms with Crippen LogP contribution in [0, 0.1) is 0 Å². The Hall–Kier alpha value is -1.38. The van der Waals surface area contributed by atoms with E-state index in [0.717, 1.165) is 5.56 Å². The Morgan fingerprint density at radius 2 is 2.06 bits per heavy atom. The van der Waals surface area contributed by atoms with Crippen LogP contribution in [0.25, 0.3) is 0 Å². The molecule has 18 heavy (non-hydrogen) atoms. The van der Waals surface area contributed by atoms with Crippen LogP contribution in [-0.2, 0) is 0 Å². The molecule has 4 heteroatoms. The van der Waals surface area contributed by atoms with Crippen LogP contribution in [0.5, 0.6) is 0 Å². The van der Waals surface area contributed by atoms with Crippen LogP contribution in [-0.4, -0.2) is 10.8 Å². The predicted molar refractivity (Wildman–Crippen MR) is 73.4 cm³/mol. The Bertz CT molecular complexity index is 569. The summed E-state index contributed by atoms with van der Waals surface area (Å²) in [6.45, 7) is 1.82. The Labute approximate surface area is 116 Å². The van der Waals surface area contributed by atoms with Gasteiger partial charge in [0.2, 0.25) is 0 Å². The van der Waals surface area contributed by atoms with E-state index in [1.165, 1.54) is 0 Å². The monoisotopic (exact) mass is 279 g/mol. The van der Waals surface area contributed by atoms with Gasteiger partial charge in [0.15, 0.2) is 5.78 Å². The van der Waals surface area contributed by atoms with Crippen LogP contribution in [0.4, 0.5) is 0 Å². The normalized spacial score (nSPS) is 12.2. The molecule has 0 aliphatic heterocycles. The highest BCUT2D eigenvalue weighted by Gasteiger charge is 2.19. The van der Waals surface area contributed by atoms with E-state index in [-0.39, 0.29) is 11.7 Å². The smallest absolute Gasteiger partial charge is 0.171 e. The Kier molecular flexibility index (Phi) is 4.00. The van der Waals surface area contributed by atoms with E-state index in [1.54, 1.807) is 42.7 Å². The molecule has 2 rings (SSSR count). The second-order valence-corrected chi connectivity index (χ2v) is 4.84. The van der Waals surface area contributed by atoms with Crippen LogP contribution in [0.3, 0.4) is 0 Å². The lowest BCUT2D eigenvalue weighted by Gasteiger charge is -2.12. The molecule has 0 spiro atoms. The van der Waals surface area contributed by atoms with E-state index in [0.29, 0.717) is 15.6 Å². The van der Waals surface area contributed by atoms with Gasteiger partial charge in [0.05, 0.1) is 0 Å². The third kappa shape index (κ3) is 2.71. The first kappa shape index (κ1) is 13.1. The number of carbonyl (C=O) groups excluding carboxylic acids is 1. The molecule has 0 aliphatic rings. The average molecular weight is 280 g/mol. The summed E-state index contributed by atoms with van der Waals surface area (Å²) in [5, 5.41) is 1.07. The van der Waals surface area contributed by atoms with Crippen molar-refractivity contribution in [1.29, 1.82) is 0 Å². The van der Waals surface area contributed by atoms with Crippen molar-refractivity contribution < 1.29 is 4.79 Å². The largest absolute Gasteiger partial charge is 0.293 e. The maximum atomic E-state index is 12.3. The van der Waals surface area contributed by atoms with E-state index in [4.69, 9.17) is 23.2 Å². The van der Waals surface area contributed by atoms with E-state index in [2.05, 4.69) is 4.98 Å². The number of pyridine rings is 1. The third-order valence-electron chi connectivity index (χ3n) is 2.77. The summed E-state index contributed by atoms with van der Waals surface area (Å²) in [5.41, 5.74) is 1.35. The van der Waals surface area contributed by atoms with E-state index in [9.17, 15) is 4.79 Å². The molecule has 1 aromatic carbocycles. The fourth-order valence-electron chi connectivity index (χ4n) is 1.75. The average Bonchev–Trinajstić information content (AvgIpc) is 2.38. The topological polar surface area (TPSA) is 30.0 Å². The van der Waals surface area contributed by atoms with Crippen molar-refractivity contribution in [2.45, 2.75) is 12.8 Å². The van der Waals surface area contributed by atoms with E-state index < -0.39 is 0 Å². The number of rotatable bonds is 3. The number of ketones is 1. The molecule has 0 N–H and O–H groups in total. The first-order valence-corrected chi connectivity index (χ1v) is 6.24. The van der Waals surface area contributed by atoms with Crippen LogP contribution in [0.15, 0.2) is 42.7 Å². The molecule has 1 aromatic heterocycles. The second kappa shape index (κ2) is 5.51. The predicted octanol–water partition coefficient (Wildman–Crippen LogP) is 4.37. The standard InChI is InChI=1S/C14H11Cl2NO/c1-9(12-5-4-11(15)7-13(12)16)14(18)10-3-2-6-17-8-10/h2-9H,1H3. The number of benzene rings is 1. The minimum Gasteiger partial charge on any atom is -0.293 e. The van der Waals surface area contributed by atoms with E-state index >= 15 is 0 Å². The molecular formula is C14H11Cl2NO. The highest BCUT2D eigenvalue weighted by Crippen LogP contribution is 2.29. The molecule has 0 saturated carbocycles. The maximum absolute atomic E-state index is 12.3. The van der Waals surface area contributed by atoms with Gasteiger partial charge in [-0.15, -0.1) is 0 Å². The SMILES string of the molecule is CC(C(=O)c1cccnc1)c1ccc(Cl)cc1Cl. The van der Waals surface area contributed by atoms with Gasteiger partial charge in [0.1, 0.15) is 0 Å². The number of Topliss-reactive ketones (excluding diaryl/α,β-unsaturated/α-hetero) is 1. The number of hydrogen-bond donors (Lipinski definition) is 0. The highest BCUT2D eigenvalue weighted by molar-refractivity contribution is 6.35. The van der Waals surface area contributed by atoms with Crippen LogP contribution >= 0.6 is 23.2 Å². The van der Waals surface area contributed by atoms with Crippen molar-refractivity contribution in [1.82, 2.24) is 4.98 Å². The molecule has 2 nitrogen and oxygen atoms in total. The minimum atomic E-state index is -0.320. The molecular weight excluding hydrogens is 269 g/mol. The van der Waals surface area contributed by atoms with Crippen molar-refractivity contribution >= 4 is 29.0 Å². The van der Waals surface area contributed by atoms with Gasteiger partial charge >= 0.3 is 0 Å². The maximum Gasteiger partial charge on any atom is 0.171 e. The van der Waals surface area contributed by atoms with Gasteiger partial charge in [-0.1, -0.05) is 36.2 Å². The zero-order chi connectivity index (χ0) is 13.1. The first-order chi connectivity index (χ1) is 8.59. The van der Waals surface area contributed by atoms with Gasteiger partial charge in [-0.05, 0) is 29.8 Å². The lowest BCUT2D eigenvalue weighted by atomic mass is 9.93. The quantitative estimate of drug-likeness (QED) is 0.781. The summed E-state index contributed by atoms with van der Waals surface area (Å²) in [4.78, 5) is 16.2. The van der Waals surface area contributed by atoms with Crippen molar-refractivity contribution in [3.8, 4) is 0 Å². The van der Waals surface area contributed by atoms with Crippen molar-refractivity contribution in [2.24, 2.45) is 0 Å². The lowest BCUT2D eigenvalue weighted by Crippen LogP contribution is -2.10. The van der Waals surface area contributed by atoms with Gasteiger partial charge < -0.3 is 0 Å². The summed E-state index contributed by atoms with van der Waals surface area (Å²) in [7, 11) is 0. The van der Waals surface area contributed by atoms with Crippen LogP contribution < -0.4 is 0 Å². The number of hydrogen-bond acceptors (Lipinski definition) is 2. The third-order valence-corrected chi connectivity index (χ3v) is 3.33. The molecule has 1 unspecified atom stereocenters. The Balaban J connectivity index is 2.31. The Morgan fingerprint density at radius 1 is 1.28 bits per heavy atom. The molecule has 1 atom stereocenters. The summed E-state index contributed by atoms with van der Waals surface area (Å²) in [6.07, 6.45) is 3.19. The number of nitrogens with zero attached hydrogens (tertiary/aromatic N) is 1. The van der Waals surface area contributed by atoms with Gasteiger partial charge in [0.25, 0.3) is 0 Å². The van der Waals surface area contributed by atoms with Gasteiger partial charge in [-0.25, -0.2) is 0 Å². The lowest BCUT2D eigenvalue weighted by molar-refractivity contribution is 0.0966. The molecule has 1 heterocycles. The first-order valence-electron chi connectivity index (χ1n) is 5.49. The molecule has 0 amide bonds. The van der Waals surface area contributed by atoms with Crippen molar-refractivity contribution in [3.05, 3.63) is 63.9 Å². The van der Waals surface area contributed by atoms with Crippen LogP contribution in [0.2, 0.25) is 10.0 Å². The van der Waals surface area contributed by atoms with E-state index in [1.807, 2.05) is 6.92 Å². The number of halogens is 2. The zero-order valence-electron chi connectivity index (χ0n) is 9.73. The molecule has 0 bridgehead atoms. The molecule has 0 aliphatic carbocycles. The van der Waals surface area contributed by atoms with Crippen molar-refractivity contribution in [3.63, 3.8) is 0 Å². The van der Waals surface area contributed by atoms with Crippen molar-refractivity contribution in [2.75, 3.05) is 0 Å². The summed E-state index contributed by atoms with van der Waals surface area (Å²) >= 11 is 11.9. The molecule has 92 valence electrons. The number of carbonyl (C=O) groups is 1. The fraction of sp³-hybridized carbons (Fsp3) is 0.143. The molecule has 0 fully saturated rings. The zero-order valence-corrected chi connectivity index (χ0v) is 11.2. The Morgan fingerprint density at radius 3 is 2.67 bits per heavy atom. The highest BCUT2D eigenvalue weighted by atomic mass is 35.5. The summed E-state index contributed by atoms with van der Waals surface area (Å²) < 4.78 is 0. The molecule has 0 radical (unpaired) electrons. The van der Waals surface area contributed by atoms with Gasteiger partial charge in [-0.3, -0.25) is 9.78 Å². The van der Waals surface area contributed by atoms with Crippen LogP contribution in [0.1, 0.15) is 28.8 Å². The second-order valence-electron chi connectivity index (χ2n) is 3.99.